The third-order valence-electron chi connectivity index (χ3n) is 2.00. The minimum absolute atomic E-state index is 0.0229. The predicted molar refractivity (Wildman–Crippen MR) is 63.9 cm³/mol. The van der Waals surface area contributed by atoms with Crippen LogP contribution in [0, 0.1) is 0 Å². The highest BCUT2D eigenvalue weighted by Crippen LogP contribution is 1.98. The number of carbonyl (C=O) groups excluding carboxylic acids is 1. The van der Waals surface area contributed by atoms with Crippen LogP contribution in [0.15, 0.2) is 5.11 Å². The van der Waals surface area contributed by atoms with Crippen molar-refractivity contribution in [3.63, 3.8) is 0 Å². The van der Waals surface area contributed by atoms with Crippen molar-refractivity contribution in [2.75, 3.05) is 19.7 Å². The summed E-state index contributed by atoms with van der Waals surface area (Å²) >= 11 is 0. The number of hydrogen-bond donors (Lipinski definition) is 3. The minimum atomic E-state index is -1.04. The lowest BCUT2D eigenvalue weighted by Gasteiger charge is -2.07. The molecule has 10 nitrogen and oxygen atoms in total. The van der Waals surface area contributed by atoms with Gasteiger partial charge in [0.2, 0.25) is 0 Å². The van der Waals surface area contributed by atoms with Gasteiger partial charge in [-0.3, -0.25) is 9.68 Å². The largest absolute Gasteiger partial charge is 0.480 e. The topological polar surface area (TPSA) is 160 Å². The average Bonchev–Trinajstić information content (AvgIpc) is 2.37. The second kappa shape index (κ2) is 11.1. The Labute approximate surface area is 109 Å². The van der Waals surface area contributed by atoms with E-state index in [-0.39, 0.29) is 13.2 Å². The van der Waals surface area contributed by atoms with Gasteiger partial charge in [0.15, 0.2) is 0 Å². The first kappa shape index (κ1) is 17.0. The lowest BCUT2D eigenvalue weighted by Crippen LogP contribution is -2.30. The summed E-state index contributed by atoms with van der Waals surface area (Å²) in [5.74, 6) is -1.04. The van der Waals surface area contributed by atoms with Gasteiger partial charge in [-0.1, -0.05) is 5.11 Å². The molecule has 19 heavy (non-hydrogen) atoms. The van der Waals surface area contributed by atoms with Crippen molar-refractivity contribution in [2.24, 2.45) is 10.8 Å². The molecule has 1 unspecified atom stereocenters. The van der Waals surface area contributed by atoms with Gasteiger partial charge in [0.1, 0.15) is 6.04 Å². The first-order valence-electron chi connectivity index (χ1n) is 5.64. The van der Waals surface area contributed by atoms with Gasteiger partial charge >= 0.3 is 12.1 Å². The van der Waals surface area contributed by atoms with Crippen molar-refractivity contribution in [3.05, 3.63) is 10.4 Å². The average molecular weight is 275 g/mol. The van der Waals surface area contributed by atoms with Crippen LogP contribution < -0.4 is 11.1 Å². The van der Waals surface area contributed by atoms with Gasteiger partial charge in [0.05, 0.1) is 13.2 Å². The maximum Gasteiger partial charge on any atom is 0.438 e. The van der Waals surface area contributed by atoms with Crippen molar-refractivity contribution in [2.45, 2.75) is 25.3 Å². The molecule has 0 aromatic carbocycles. The molecule has 0 aromatic rings. The molecule has 0 rings (SSSR count). The van der Waals surface area contributed by atoms with Gasteiger partial charge < -0.3 is 16.2 Å². The number of azide groups is 1. The number of carboxylic acid groups (broad SMARTS) is 1. The second-order valence-electron chi connectivity index (χ2n) is 3.51. The Hall–Kier alpha value is -2.03. The van der Waals surface area contributed by atoms with Gasteiger partial charge in [-0.05, 0) is 24.8 Å². The van der Waals surface area contributed by atoms with E-state index in [1.807, 2.05) is 0 Å². The number of carbonyl (C=O) groups is 2. The van der Waals surface area contributed by atoms with Crippen LogP contribution in [0.5, 0.6) is 0 Å². The maximum absolute atomic E-state index is 11.0. The van der Waals surface area contributed by atoms with E-state index in [0.717, 1.165) is 0 Å². The van der Waals surface area contributed by atoms with Crippen LogP contribution in [0.4, 0.5) is 4.79 Å². The molecule has 1 atom stereocenters. The summed E-state index contributed by atoms with van der Waals surface area (Å²) < 4.78 is 0. The molecule has 0 saturated carbocycles. The van der Waals surface area contributed by atoms with Crippen LogP contribution >= 0.6 is 0 Å². The summed E-state index contributed by atoms with van der Waals surface area (Å²) in [5, 5.41) is 14.1. The Morgan fingerprint density at radius 2 is 2.21 bits per heavy atom. The van der Waals surface area contributed by atoms with Crippen LogP contribution in [0.25, 0.3) is 10.4 Å². The number of nitrogens with one attached hydrogen (secondary N) is 1. The van der Waals surface area contributed by atoms with E-state index >= 15 is 0 Å². The number of carboxylic acids is 1. The van der Waals surface area contributed by atoms with Crippen LogP contribution in [0.2, 0.25) is 0 Å². The zero-order chi connectivity index (χ0) is 14.5. The Morgan fingerprint density at radius 3 is 2.84 bits per heavy atom. The molecule has 0 saturated heterocycles. The van der Waals surface area contributed by atoms with E-state index in [0.29, 0.717) is 25.8 Å². The summed E-state index contributed by atoms with van der Waals surface area (Å²) in [4.78, 5) is 32.6. The van der Waals surface area contributed by atoms with Crippen molar-refractivity contribution in [1.82, 2.24) is 5.32 Å². The van der Waals surface area contributed by atoms with E-state index in [4.69, 9.17) is 16.4 Å². The molecule has 0 heterocycles. The lowest BCUT2D eigenvalue weighted by molar-refractivity contribution is -0.235. The molecule has 0 radical (unpaired) electrons. The number of amides is 1. The fraction of sp³-hybridized carbons (Fsp3) is 0.778. The van der Waals surface area contributed by atoms with Crippen molar-refractivity contribution >= 4 is 12.1 Å². The SMILES string of the molecule is [N-]=[N+]=NCCOOC(=O)NCCCCC(N)C(=O)O. The highest BCUT2D eigenvalue weighted by molar-refractivity contribution is 5.72. The Morgan fingerprint density at radius 1 is 1.47 bits per heavy atom. The number of nitrogens with zero attached hydrogens (tertiary/aromatic N) is 3. The van der Waals surface area contributed by atoms with Gasteiger partial charge in [-0.25, -0.2) is 4.79 Å². The first-order valence-corrected chi connectivity index (χ1v) is 5.64. The smallest absolute Gasteiger partial charge is 0.438 e. The van der Waals surface area contributed by atoms with E-state index in [9.17, 15) is 9.59 Å². The van der Waals surface area contributed by atoms with Gasteiger partial charge in [-0.15, -0.1) is 0 Å². The van der Waals surface area contributed by atoms with Crippen LogP contribution in [0.1, 0.15) is 19.3 Å². The monoisotopic (exact) mass is 275 g/mol. The van der Waals surface area contributed by atoms with Gasteiger partial charge in [0.25, 0.3) is 0 Å². The highest BCUT2D eigenvalue weighted by Gasteiger charge is 2.10. The van der Waals surface area contributed by atoms with E-state index in [1.165, 1.54) is 0 Å². The second-order valence-corrected chi connectivity index (χ2v) is 3.51. The van der Waals surface area contributed by atoms with Crippen molar-refractivity contribution in [3.8, 4) is 0 Å². The Balaban J connectivity index is 3.38. The van der Waals surface area contributed by atoms with E-state index in [1.54, 1.807) is 0 Å². The number of nitrogens with two attached hydrogens (primary N) is 1. The molecule has 0 aromatic heterocycles. The van der Waals surface area contributed by atoms with Crippen LogP contribution in [-0.2, 0) is 14.6 Å². The summed E-state index contributed by atoms with van der Waals surface area (Å²) in [6.07, 6.45) is 0.734. The first-order chi connectivity index (χ1) is 9.07. The van der Waals surface area contributed by atoms with E-state index < -0.39 is 18.1 Å². The molecule has 4 N–H and O–H groups in total. The van der Waals surface area contributed by atoms with Crippen LogP contribution in [0.3, 0.4) is 0 Å². The molecule has 0 bridgehead atoms. The number of unbranched alkanes of at least 4 members (excludes halogenated alkanes) is 1. The number of hydrogen-bond acceptors (Lipinski definition) is 6. The molecular formula is C9H17N5O5. The fourth-order valence-corrected chi connectivity index (χ4v) is 1.05. The zero-order valence-electron chi connectivity index (χ0n) is 10.3. The zero-order valence-corrected chi connectivity index (χ0v) is 10.3. The normalized spacial score (nSPS) is 11.2. The standard InChI is InChI=1S/C9H17N5O5/c10-7(8(15)16)3-1-2-4-12-9(17)19-18-6-5-13-14-11/h7H,1-6,10H2,(H,12,17)(H,15,16). The molecule has 108 valence electrons. The third kappa shape index (κ3) is 10.8. The summed E-state index contributed by atoms with van der Waals surface area (Å²) in [6, 6.07) is -0.879. The summed E-state index contributed by atoms with van der Waals surface area (Å²) in [7, 11) is 0. The summed E-state index contributed by atoms with van der Waals surface area (Å²) in [6.45, 7) is 0.368. The minimum Gasteiger partial charge on any atom is -0.480 e. The fourth-order valence-electron chi connectivity index (χ4n) is 1.05. The predicted octanol–water partition coefficient (Wildman–Crippen LogP) is 0.537. The van der Waals surface area contributed by atoms with Crippen LogP contribution in [-0.4, -0.2) is 42.9 Å². The third-order valence-corrected chi connectivity index (χ3v) is 2.00. The van der Waals surface area contributed by atoms with Gasteiger partial charge in [-0.2, -0.15) is 4.89 Å². The van der Waals surface area contributed by atoms with Gasteiger partial charge in [0, 0.05) is 11.5 Å². The number of rotatable bonds is 10. The summed E-state index contributed by atoms with van der Waals surface area (Å²) in [5.41, 5.74) is 13.2. The molecule has 0 spiro atoms. The Bertz CT molecular complexity index is 331. The molecule has 1 amide bonds. The maximum atomic E-state index is 11.0. The number of aliphatic carboxylic acids is 1. The quantitative estimate of drug-likeness (QED) is 0.132. The molecule has 10 heteroatoms. The van der Waals surface area contributed by atoms with Crippen molar-refractivity contribution in [1.29, 1.82) is 0 Å². The highest BCUT2D eigenvalue weighted by atomic mass is 17.2. The molecular weight excluding hydrogens is 258 g/mol. The van der Waals surface area contributed by atoms with E-state index in [2.05, 4.69) is 25.1 Å². The molecule has 0 aliphatic carbocycles. The lowest BCUT2D eigenvalue weighted by atomic mass is 10.1. The molecule has 0 aliphatic heterocycles. The molecule has 0 aliphatic rings. The van der Waals surface area contributed by atoms with Crippen molar-refractivity contribution < 1.29 is 24.5 Å². The molecule has 0 fully saturated rings. The Kier molecular flexibility index (Phi) is 9.90.